The minimum atomic E-state index is -1.07. The number of fused-ring (bicyclic) bond motifs is 2. The second-order valence-electron chi connectivity index (χ2n) is 19.9. The SMILES string of the molecule is C.C.Cc1nc(-c2ccc(C)c(NC(=O)c3cnc4ccc(-c5sc(C(=O)NCCN6CCOCC6)nc5C)cn34)c2)no1.Cc1nc(-c2ccc(C)c(NC(=O)c3cnc4ccc(-c5sc(C(=O)O)nc5C)cn34)c2)no1.NCCN1CCOCC1. The number of nitrogens with zero attached hydrogens (tertiary/aromatic N) is 12. The van der Waals surface area contributed by atoms with Gasteiger partial charge in [0.15, 0.2) is 5.01 Å². The number of carbonyl (C=O) groups is 4. The summed E-state index contributed by atoms with van der Waals surface area (Å²) in [6.45, 7) is 21.0. The van der Waals surface area contributed by atoms with Crippen LogP contribution in [0.4, 0.5) is 11.4 Å². The number of hydrogen-bond donors (Lipinski definition) is 5. The van der Waals surface area contributed by atoms with Crippen molar-refractivity contribution in [2.75, 3.05) is 89.4 Å². The number of ether oxygens (including phenoxy) is 2. The van der Waals surface area contributed by atoms with E-state index in [0.29, 0.717) is 80.3 Å². The fourth-order valence-corrected chi connectivity index (χ4v) is 11.2. The molecular weight excluding hydrogens is 1150 g/mol. The van der Waals surface area contributed by atoms with Crippen LogP contribution in [0.2, 0.25) is 0 Å². The molecule has 0 spiro atoms. The third-order valence-electron chi connectivity index (χ3n) is 13.9. The van der Waals surface area contributed by atoms with Crippen LogP contribution in [0.3, 0.4) is 0 Å². The van der Waals surface area contributed by atoms with Crippen LogP contribution < -0.4 is 21.7 Å². The van der Waals surface area contributed by atoms with Gasteiger partial charge in [-0.15, -0.1) is 22.7 Å². The summed E-state index contributed by atoms with van der Waals surface area (Å²) >= 11 is 2.41. The minimum Gasteiger partial charge on any atom is -0.476 e. The summed E-state index contributed by atoms with van der Waals surface area (Å²) in [5.74, 6) is -0.121. The zero-order chi connectivity index (χ0) is 59.7. The number of anilines is 2. The van der Waals surface area contributed by atoms with E-state index in [0.717, 1.165) is 127 Å². The zero-order valence-corrected chi connectivity index (χ0v) is 49.2. The van der Waals surface area contributed by atoms with Gasteiger partial charge in [0.25, 0.3) is 17.7 Å². The lowest BCUT2D eigenvalue weighted by atomic mass is 10.1. The van der Waals surface area contributed by atoms with Crippen molar-refractivity contribution in [3.05, 3.63) is 141 Å². The van der Waals surface area contributed by atoms with Gasteiger partial charge in [-0.2, -0.15) is 9.97 Å². The molecule has 12 rings (SSSR count). The molecule has 2 aromatic carbocycles. The highest BCUT2D eigenvalue weighted by molar-refractivity contribution is 7.17. The Balaban J connectivity index is 0.000000196. The second-order valence-corrected chi connectivity index (χ2v) is 21.9. The summed E-state index contributed by atoms with van der Waals surface area (Å²) in [5, 5.41) is 26.5. The number of rotatable bonds is 15. The number of carboxylic acid groups (broad SMARTS) is 1. The Hall–Kier alpha value is -8.96. The predicted octanol–water partition coefficient (Wildman–Crippen LogP) is 8.68. The van der Waals surface area contributed by atoms with Gasteiger partial charge in [-0.05, 0) is 75.2 Å². The monoisotopic (exact) mass is 1220 g/mol. The number of hydrogen-bond acceptors (Lipinski definition) is 21. The molecule has 27 heteroatoms. The van der Waals surface area contributed by atoms with Crippen molar-refractivity contribution in [2.24, 2.45) is 5.73 Å². The number of nitrogens with one attached hydrogen (secondary N) is 3. The number of aromatic carboxylic acids is 1. The first kappa shape index (κ1) is 64.0. The highest BCUT2D eigenvalue weighted by atomic mass is 32.1. The number of aromatic nitrogens is 10. The first-order valence-electron chi connectivity index (χ1n) is 27.3. The van der Waals surface area contributed by atoms with Gasteiger partial charge in [0.1, 0.15) is 22.7 Å². The molecule has 0 radical (unpaired) electrons. The van der Waals surface area contributed by atoms with Gasteiger partial charge in [0.05, 0.1) is 60.0 Å². The fourth-order valence-electron chi connectivity index (χ4n) is 9.32. The van der Waals surface area contributed by atoms with Crippen molar-refractivity contribution >= 4 is 69.0 Å². The summed E-state index contributed by atoms with van der Waals surface area (Å²) < 4.78 is 24.1. The van der Waals surface area contributed by atoms with Crippen LogP contribution in [0.5, 0.6) is 0 Å². The Morgan fingerprint density at radius 2 is 1.01 bits per heavy atom. The highest BCUT2D eigenvalue weighted by Crippen LogP contribution is 2.33. The molecule has 3 amide bonds. The highest BCUT2D eigenvalue weighted by Gasteiger charge is 2.22. The van der Waals surface area contributed by atoms with Gasteiger partial charge in [0, 0.05) is 112 Å². The number of thiazole rings is 2. The molecule has 2 aliphatic rings. The van der Waals surface area contributed by atoms with Crippen LogP contribution in [-0.2, 0) is 9.47 Å². The van der Waals surface area contributed by atoms with E-state index in [-0.39, 0.29) is 37.6 Å². The van der Waals surface area contributed by atoms with Crippen LogP contribution in [0.25, 0.3) is 55.0 Å². The summed E-state index contributed by atoms with van der Waals surface area (Å²) in [5.41, 5.74) is 14.7. The molecule has 0 atom stereocenters. The number of aryl methyl sites for hydroxylation is 6. The van der Waals surface area contributed by atoms with Gasteiger partial charge >= 0.3 is 5.97 Å². The minimum absolute atomic E-state index is 0. The lowest BCUT2D eigenvalue weighted by Gasteiger charge is -2.26. The Kier molecular flexibility index (Phi) is 21.3. The fraction of sp³-hybridized carbons (Fsp3) is 0.333. The van der Waals surface area contributed by atoms with Crippen molar-refractivity contribution < 1.29 is 42.8 Å². The topological polar surface area (TPSA) is 314 Å². The molecular formula is C60H70N16O9S2. The quantitative estimate of drug-likeness (QED) is 0.0641. The molecule has 0 unspecified atom stereocenters. The lowest BCUT2D eigenvalue weighted by Crippen LogP contribution is -2.41. The number of nitrogens with two attached hydrogens (primary N) is 1. The molecule has 2 saturated heterocycles. The van der Waals surface area contributed by atoms with Crippen molar-refractivity contribution in [3.8, 4) is 43.7 Å². The molecule has 6 N–H and O–H groups in total. The molecule has 25 nitrogen and oxygen atoms in total. The van der Waals surface area contributed by atoms with Crippen LogP contribution in [0.15, 0.2) is 94.5 Å². The molecule has 87 heavy (non-hydrogen) atoms. The Bertz CT molecular complexity index is 4040. The number of morpholine rings is 2. The number of carbonyl (C=O) groups excluding carboxylic acids is 3. The standard InChI is InChI=1S/C29H30N8O4S.C23H18N6O4S.C6H14N2O.2CH4/c1-17-4-5-20(26-33-19(3)41-35-26)14-22(17)34-27(38)23-15-31-24-7-6-21(16-37(23)24)25-18(2)32-29(42-25)28(39)30-8-9-36-10-12-40-13-11-36;1-11-4-5-14(20-26-13(3)33-28-20)8-16(11)27-21(30)17-9-24-18-7-6-15(10-29(17)18)19-12(2)25-22(34-19)23(31)32;7-1-2-8-3-5-9-6-4-8;;/h4-7,14-16H,8-13H2,1-3H3,(H,30,39)(H,34,38);4-10H,1-3H3,(H,27,30)(H,31,32);1-7H2;2*1H4. The third kappa shape index (κ3) is 15.4. The van der Waals surface area contributed by atoms with Gasteiger partial charge in [-0.1, -0.05) is 49.4 Å². The molecule has 0 aliphatic carbocycles. The van der Waals surface area contributed by atoms with Crippen LogP contribution in [0.1, 0.15) is 89.7 Å². The van der Waals surface area contributed by atoms with E-state index in [1.807, 2.05) is 75.5 Å². The summed E-state index contributed by atoms with van der Waals surface area (Å²) in [4.78, 5) is 82.8. The van der Waals surface area contributed by atoms with E-state index in [4.69, 9.17) is 24.3 Å². The van der Waals surface area contributed by atoms with E-state index in [9.17, 15) is 24.3 Å². The maximum Gasteiger partial charge on any atom is 0.365 e. The van der Waals surface area contributed by atoms with Gasteiger partial charge in [0.2, 0.25) is 28.4 Å². The lowest BCUT2D eigenvalue weighted by molar-refractivity contribution is 0.0383. The number of benzene rings is 2. The summed E-state index contributed by atoms with van der Waals surface area (Å²) in [7, 11) is 0. The average Bonchev–Trinajstić information content (AvgIpc) is 1.86. The van der Waals surface area contributed by atoms with Gasteiger partial charge < -0.3 is 45.3 Å². The molecule has 2 aliphatic heterocycles. The van der Waals surface area contributed by atoms with Crippen molar-refractivity contribution in [3.63, 3.8) is 0 Å². The van der Waals surface area contributed by atoms with Gasteiger partial charge in [-0.25, -0.2) is 24.7 Å². The normalized spacial score (nSPS) is 13.4. The smallest absolute Gasteiger partial charge is 0.365 e. The Morgan fingerprint density at radius 3 is 1.44 bits per heavy atom. The summed E-state index contributed by atoms with van der Waals surface area (Å²) in [6, 6.07) is 18.5. The van der Waals surface area contributed by atoms with E-state index >= 15 is 0 Å². The largest absolute Gasteiger partial charge is 0.476 e. The van der Waals surface area contributed by atoms with E-state index in [1.54, 1.807) is 54.1 Å². The predicted molar refractivity (Wildman–Crippen MR) is 333 cm³/mol. The average molecular weight is 1220 g/mol. The van der Waals surface area contributed by atoms with Crippen LogP contribution in [0, 0.1) is 41.5 Å². The first-order valence-corrected chi connectivity index (χ1v) is 28.9. The number of imidazole rings is 2. The molecule has 456 valence electrons. The Morgan fingerprint density at radius 1 is 0.575 bits per heavy atom. The molecule has 10 heterocycles. The van der Waals surface area contributed by atoms with Crippen molar-refractivity contribution in [1.82, 2.24) is 64.1 Å². The first-order chi connectivity index (χ1) is 41.1. The van der Waals surface area contributed by atoms with E-state index in [1.165, 1.54) is 17.5 Å². The van der Waals surface area contributed by atoms with Gasteiger partial charge in [-0.3, -0.25) is 33.0 Å². The molecule has 10 aromatic rings. The third-order valence-corrected chi connectivity index (χ3v) is 16.3. The number of carboxylic acids is 1. The maximum atomic E-state index is 13.4. The zero-order valence-electron chi connectivity index (χ0n) is 47.5. The number of pyridine rings is 2. The van der Waals surface area contributed by atoms with Crippen molar-refractivity contribution in [1.29, 1.82) is 0 Å². The van der Waals surface area contributed by atoms with Crippen LogP contribution >= 0.6 is 22.7 Å². The Labute approximate surface area is 510 Å². The maximum absolute atomic E-state index is 13.4. The second kappa shape index (κ2) is 29.0. The molecule has 8 aromatic heterocycles. The summed E-state index contributed by atoms with van der Waals surface area (Å²) in [6.07, 6.45) is 6.65. The van der Waals surface area contributed by atoms with E-state index in [2.05, 4.69) is 66.0 Å². The molecule has 0 saturated carbocycles. The van der Waals surface area contributed by atoms with Crippen molar-refractivity contribution in [2.45, 2.75) is 56.4 Å². The van der Waals surface area contributed by atoms with Crippen LogP contribution in [-0.4, -0.2) is 166 Å². The molecule has 0 bridgehead atoms. The molecule has 2 fully saturated rings. The number of amides is 3. The van der Waals surface area contributed by atoms with E-state index < -0.39 is 5.97 Å².